The van der Waals surface area contributed by atoms with E-state index in [0.717, 1.165) is 6.42 Å². The first-order valence-corrected chi connectivity index (χ1v) is 22.3. The first-order chi connectivity index (χ1) is 14.7. The molecule has 0 aromatic rings. The molecule has 0 saturated heterocycles. The van der Waals surface area contributed by atoms with Gasteiger partial charge in [-0.15, -0.1) is 5.54 Å². The fourth-order valence-electron chi connectivity index (χ4n) is 2.73. The van der Waals surface area contributed by atoms with Gasteiger partial charge in [-0.1, -0.05) is 112 Å². The Hall–Kier alpha value is -0.389. The Morgan fingerprint density at radius 3 is 1.73 bits per heavy atom. The van der Waals surface area contributed by atoms with Gasteiger partial charge in [-0.25, -0.2) is 0 Å². The lowest BCUT2D eigenvalue weighted by Gasteiger charge is -2.44. The van der Waals surface area contributed by atoms with E-state index in [1.54, 1.807) is 0 Å². The van der Waals surface area contributed by atoms with Crippen molar-refractivity contribution in [2.24, 2.45) is 0 Å². The van der Waals surface area contributed by atoms with Crippen LogP contribution in [0.1, 0.15) is 74.1 Å². The average Bonchev–Trinajstić information content (AvgIpc) is 2.59. The first-order valence-electron chi connectivity index (χ1n) is 13.0. The summed E-state index contributed by atoms with van der Waals surface area (Å²) < 4.78 is 14.0. The summed E-state index contributed by atoms with van der Waals surface area (Å²) in [6.45, 7) is 32.4. The molecule has 0 aliphatic rings. The number of unbranched alkanes of at least 4 members (excludes halogenated alkanes) is 2. The van der Waals surface area contributed by atoms with Crippen LogP contribution in [0.3, 0.4) is 0 Å². The lowest BCUT2D eigenvalue weighted by Crippen LogP contribution is -2.51. The minimum atomic E-state index is -1.96. The lowest BCUT2D eigenvalue weighted by atomic mass is 10.1. The topological polar surface area (TPSA) is 18.5 Å². The molecule has 2 nitrogen and oxygen atoms in total. The molecule has 0 amide bonds. The van der Waals surface area contributed by atoms with Crippen LogP contribution < -0.4 is 0 Å². The fraction of sp³-hybridized carbons (Fsp3) is 0.786. The van der Waals surface area contributed by atoms with Crippen molar-refractivity contribution < 1.29 is 8.85 Å². The Kier molecular flexibility index (Phi) is 12.9. The molecule has 0 bridgehead atoms. The molecule has 0 unspecified atom stereocenters. The monoisotopic (exact) mass is 508 g/mol. The van der Waals surface area contributed by atoms with Gasteiger partial charge in [0.2, 0.25) is 0 Å². The Balaban J connectivity index is 6.05. The predicted octanol–water partition coefficient (Wildman–Crippen LogP) is 9.34. The molecule has 0 aliphatic carbocycles. The highest BCUT2D eigenvalue weighted by Crippen LogP contribution is 2.41. The van der Waals surface area contributed by atoms with Crippen LogP contribution in [0, 0.1) is 11.5 Å². The van der Waals surface area contributed by atoms with E-state index in [-0.39, 0.29) is 22.3 Å². The third kappa shape index (κ3) is 12.8. The number of allylic oxidation sites excluding steroid dienone is 3. The summed E-state index contributed by atoms with van der Waals surface area (Å²) in [7, 11) is -5.23. The van der Waals surface area contributed by atoms with Crippen molar-refractivity contribution in [2.75, 3.05) is 0 Å². The van der Waals surface area contributed by atoms with Crippen LogP contribution in [0.4, 0.5) is 0 Å². The predicted molar refractivity (Wildman–Crippen MR) is 158 cm³/mol. The van der Waals surface area contributed by atoms with E-state index in [4.69, 9.17) is 8.85 Å². The highest BCUT2D eigenvalue weighted by atomic mass is 28.4. The molecule has 0 rings (SSSR count). The van der Waals surface area contributed by atoms with E-state index in [1.807, 2.05) is 6.08 Å². The second-order valence-electron chi connectivity index (χ2n) is 13.5. The Morgan fingerprint density at radius 2 is 1.27 bits per heavy atom. The molecule has 0 fully saturated rings. The van der Waals surface area contributed by atoms with Gasteiger partial charge in [-0.05, 0) is 48.8 Å². The quantitative estimate of drug-likeness (QED) is 0.120. The maximum atomic E-state index is 7.03. The molecule has 0 spiro atoms. The molecule has 0 N–H and O–H groups in total. The van der Waals surface area contributed by atoms with Gasteiger partial charge in [-0.3, -0.25) is 0 Å². The Bertz CT molecular complexity index is 690. The molecule has 0 heterocycles. The van der Waals surface area contributed by atoms with Crippen molar-refractivity contribution in [3.8, 4) is 11.5 Å². The SMILES string of the molecule is CCCCC[C@H](O[Si](C)(C)C(C)(C)C)[C@H](/C=C\C=C\C#C[Si](C)(C)C)O[Si](C)(C)C(C)(C)C. The van der Waals surface area contributed by atoms with Gasteiger partial charge in [0.05, 0.1) is 12.2 Å². The van der Waals surface area contributed by atoms with E-state index >= 15 is 0 Å². The molecule has 0 aromatic heterocycles. The first kappa shape index (κ1) is 32.6. The van der Waals surface area contributed by atoms with Gasteiger partial charge < -0.3 is 8.85 Å². The van der Waals surface area contributed by atoms with Crippen molar-refractivity contribution in [1.82, 2.24) is 0 Å². The van der Waals surface area contributed by atoms with Crippen molar-refractivity contribution in [1.29, 1.82) is 0 Å². The standard InChI is InChI=1S/C28H56O2Si3/c1-15-16-19-22-25(29-32(11,12)27(2,3)4)26(30-33(13,14)28(5,6)7)23-20-17-18-21-24-31(8,9)10/h17-18,20,23,25-26H,15-16,19,22H2,1-14H3/b18-17+,23-20-/t25-,26-/m0/s1. The van der Waals surface area contributed by atoms with Gasteiger partial charge in [0.1, 0.15) is 8.07 Å². The third-order valence-corrected chi connectivity index (χ3v) is 16.9. The summed E-state index contributed by atoms with van der Waals surface area (Å²) in [6.07, 6.45) is 13.1. The van der Waals surface area contributed by atoms with Crippen LogP contribution in [0.2, 0.25) is 55.9 Å². The van der Waals surface area contributed by atoms with Gasteiger partial charge in [0.15, 0.2) is 16.6 Å². The van der Waals surface area contributed by atoms with Crippen LogP contribution in [0.15, 0.2) is 24.3 Å². The normalized spacial score (nSPS) is 16.2. The number of rotatable bonds is 11. The summed E-state index contributed by atoms with van der Waals surface area (Å²) in [5.41, 5.74) is 3.40. The molecular formula is C28H56O2Si3. The molecule has 0 aliphatic heterocycles. The van der Waals surface area contributed by atoms with E-state index in [2.05, 4.69) is 124 Å². The van der Waals surface area contributed by atoms with Gasteiger partial charge in [0, 0.05) is 0 Å². The summed E-state index contributed by atoms with van der Waals surface area (Å²) in [4.78, 5) is 0. The second kappa shape index (κ2) is 13.1. The smallest absolute Gasteiger partial charge is 0.193 e. The van der Waals surface area contributed by atoms with E-state index in [9.17, 15) is 0 Å². The summed E-state index contributed by atoms with van der Waals surface area (Å²) in [6, 6.07) is 0. The minimum absolute atomic E-state index is 0.0357. The van der Waals surface area contributed by atoms with Gasteiger partial charge in [-0.2, -0.15) is 0 Å². The molecule has 0 aromatic carbocycles. The zero-order valence-electron chi connectivity index (χ0n) is 24.6. The molecule has 2 atom stereocenters. The maximum Gasteiger partial charge on any atom is 0.193 e. The number of hydrogen-bond donors (Lipinski definition) is 0. The fourth-order valence-corrected chi connectivity index (χ4v) is 5.88. The van der Waals surface area contributed by atoms with Crippen molar-refractivity contribution >= 4 is 24.7 Å². The van der Waals surface area contributed by atoms with Crippen LogP contribution >= 0.6 is 0 Å². The van der Waals surface area contributed by atoms with Crippen molar-refractivity contribution in [2.45, 2.75) is 142 Å². The van der Waals surface area contributed by atoms with E-state index in [1.165, 1.54) is 19.3 Å². The van der Waals surface area contributed by atoms with Gasteiger partial charge >= 0.3 is 0 Å². The zero-order valence-corrected chi connectivity index (χ0v) is 27.6. The molecule has 192 valence electrons. The minimum Gasteiger partial charge on any atom is -0.411 e. The van der Waals surface area contributed by atoms with Crippen LogP contribution in [-0.2, 0) is 8.85 Å². The third-order valence-electron chi connectivity index (χ3n) is 6.99. The van der Waals surface area contributed by atoms with Crippen LogP contribution in [0.5, 0.6) is 0 Å². The maximum absolute atomic E-state index is 7.03. The molecule has 0 saturated carbocycles. The summed E-state index contributed by atoms with van der Waals surface area (Å²) >= 11 is 0. The average molecular weight is 509 g/mol. The Morgan fingerprint density at radius 1 is 0.758 bits per heavy atom. The van der Waals surface area contributed by atoms with Gasteiger partial charge in [0.25, 0.3) is 0 Å². The largest absolute Gasteiger partial charge is 0.411 e. The molecular weight excluding hydrogens is 453 g/mol. The Labute approximate surface area is 211 Å². The molecule has 33 heavy (non-hydrogen) atoms. The second-order valence-corrected chi connectivity index (χ2v) is 27.8. The van der Waals surface area contributed by atoms with Crippen LogP contribution in [-0.4, -0.2) is 36.9 Å². The summed E-state index contributed by atoms with van der Waals surface area (Å²) in [5.74, 6) is 3.22. The van der Waals surface area contributed by atoms with E-state index in [0.29, 0.717) is 0 Å². The van der Waals surface area contributed by atoms with Crippen LogP contribution in [0.25, 0.3) is 0 Å². The zero-order chi connectivity index (χ0) is 26.1. The number of hydrogen-bond acceptors (Lipinski definition) is 2. The highest BCUT2D eigenvalue weighted by Gasteiger charge is 2.43. The molecule has 0 radical (unpaired) electrons. The lowest BCUT2D eigenvalue weighted by molar-refractivity contribution is 0.0559. The highest BCUT2D eigenvalue weighted by molar-refractivity contribution is 6.83. The summed E-state index contributed by atoms with van der Waals surface area (Å²) in [5, 5.41) is 0.330. The van der Waals surface area contributed by atoms with Crippen molar-refractivity contribution in [3.63, 3.8) is 0 Å². The van der Waals surface area contributed by atoms with Crippen molar-refractivity contribution in [3.05, 3.63) is 24.3 Å². The van der Waals surface area contributed by atoms with E-state index < -0.39 is 24.7 Å². The molecule has 5 heteroatoms.